The van der Waals surface area contributed by atoms with Crippen LogP contribution in [-0.2, 0) is 11.3 Å². The first kappa shape index (κ1) is 12.6. The lowest BCUT2D eigenvalue weighted by atomic mass is 10.0. The van der Waals surface area contributed by atoms with Crippen LogP contribution >= 0.6 is 0 Å². The van der Waals surface area contributed by atoms with Crippen LogP contribution in [0.2, 0.25) is 0 Å². The maximum atomic E-state index is 5.54. The highest BCUT2D eigenvalue weighted by Crippen LogP contribution is 2.15. The fraction of sp³-hybridized carbons (Fsp3) is 0.571. The van der Waals surface area contributed by atoms with Gasteiger partial charge in [0, 0.05) is 32.1 Å². The standard InChI is InChI=1S/C14H20N4O/c1-17(9-12-3-2-6-19-11-12)10-13-7-16-14-8-15-4-5-18(13)14/h4-5,7-8,12H,2-3,6,9-11H2,1H3. The molecule has 1 atom stereocenters. The molecule has 0 saturated carbocycles. The normalized spacial score (nSPS) is 20.2. The van der Waals surface area contributed by atoms with Crippen LogP contribution in [0.1, 0.15) is 18.5 Å². The van der Waals surface area contributed by atoms with Gasteiger partial charge in [0.1, 0.15) is 0 Å². The summed E-state index contributed by atoms with van der Waals surface area (Å²) in [5, 5.41) is 0. The van der Waals surface area contributed by atoms with Crippen molar-refractivity contribution in [2.75, 3.05) is 26.8 Å². The molecule has 0 aliphatic carbocycles. The number of imidazole rings is 1. The first-order chi connectivity index (χ1) is 9.33. The molecular formula is C14H20N4O. The van der Waals surface area contributed by atoms with E-state index in [1.54, 1.807) is 12.4 Å². The average Bonchev–Trinajstić information content (AvgIpc) is 2.83. The summed E-state index contributed by atoms with van der Waals surface area (Å²) in [4.78, 5) is 10.8. The highest BCUT2D eigenvalue weighted by molar-refractivity contribution is 5.36. The van der Waals surface area contributed by atoms with E-state index >= 15 is 0 Å². The van der Waals surface area contributed by atoms with Gasteiger partial charge >= 0.3 is 0 Å². The maximum Gasteiger partial charge on any atom is 0.155 e. The van der Waals surface area contributed by atoms with E-state index in [1.807, 2.05) is 12.4 Å². The highest BCUT2D eigenvalue weighted by atomic mass is 16.5. The van der Waals surface area contributed by atoms with Crippen LogP contribution in [0.5, 0.6) is 0 Å². The SMILES string of the molecule is CN(Cc1cnc2cnccn12)CC1CCCOC1. The Hall–Kier alpha value is -1.46. The monoisotopic (exact) mass is 260 g/mol. The van der Waals surface area contributed by atoms with Gasteiger partial charge in [0.2, 0.25) is 0 Å². The van der Waals surface area contributed by atoms with E-state index in [4.69, 9.17) is 4.74 Å². The lowest BCUT2D eigenvalue weighted by Gasteiger charge is -2.26. The first-order valence-corrected chi connectivity index (χ1v) is 6.85. The summed E-state index contributed by atoms with van der Waals surface area (Å²) < 4.78 is 7.63. The minimum atomic E-state index is 0.666. The van der Waals surface area contributed by atoms with Crippen LogP contribution in [-0.4, -0.2) is 46.1 Å². The van der Waals surface area contributed by atoms with Gasteiger partial charge in [-0.05, 0) is 25.8 Å². The fourth-order valence-electron chi connectivity index (χ4n) is 2.74. The van der Waals surface area contributed by atoms with Gasteiger partial charge in [-0.15, -0.1) is 0 Å². The molecule has 0 N–H and O–H groups in total. The van der Waals surface area contributed by atoms with Gasteiger partial charge in [-0.2, -0.15) is 0 Å². The predicted molar refractivity (Wildman–Crippen MR) is 72.9 cm³/mol. The Bertz CT molecular complexity index is 533. The Morgan fingerprint density at radius 2 is 2.42 bits per heavy atom. The molecule has 0 spiro atoms. The van der Waals surface area contributed by atoms with E-state index in [-0.39, 0.29) is 0 Å². The molecule has 3 rings (SSSR count). The lowest BCUT2D eigenvalue weighted by molar-refractivity contribution is 0.0410. The number of nitrogens with zero attached hydrogens (tertiary/aromatic N) is 4. The number of aromatic nitrogens is 3. The van der Waals surface area contributed by atoms with Crippen LogP contribution in [0.15, 0.2) is 24.8 Å². The fourth-order valence-corrected chi connectivity index (χ4v) is 2.74. The molecule has 19 heavy (non-hydrogen) atoms. The van der Waals surface area contributed by atoms with Crippen molar-refractivity contribution in [3.8, 4) is 0 Å². The van der Waals surface area contributed by atoms with Crippen molar-refractivity contribution < 1.29 is 4.74 Å². The summed E-state index contributed by atoms with van der Waals surface area (Å²) in [7, 11) is 2.16. The van der Waals surface area contributed by atoms with E-state index in [2.05, 4.69) is 26.3 Å². The molecule has 5 heteroatoms. The van der Waals surface area contributed by atoms with Crippen molar-refractivity contribution in [2.24, 2.45) is 5.92 Å². The van der Waals surface area contributed by atoms with Crippen molar-refractivity contribution in [3.05, 3.63) is 30.5 Å². The number of rotatable bonds is 4. The Labute approximate surface area is 113 Å². The molecule has 0 bridgehead atoms. The summed E-state index contributed by atoms with van der Waals surface area (Å²) >= 11 is 0. The van der Waals surface area contributed by atoms with Gasteiger partial charge in [0.15, 0.2) is 5.65 Å². The van der Waals surface area contributed by atoms with Crippen LogP contribution in [0.3, 0.4) is 0 Å². The summed E-state index contributed by atoms with van der Waals surface area (Å²) in [5.41, 5.74) is 2.11. The van der Waals surface area contributed by atoms with Gasteiger partial charge in [0.05, 0.1) is 24.7 Å². The third kappa shape index (κ3) is 2.93. The summed E-state index contributed by atoms with van der Waals surface area (Å²) in [6, 6.07) is 0. The molecule has 0 aromatic carbocycles. The van der Waals surface area contributed by atoms with Gasteiger partial charge < -0.3 is 9.64 Å². The highest BCUT2D eigenvalue weighted by Gasteiger charge is 2.16. The van der Waals surface area contributed by atoms with E-state index in [0.717, 1.165) is 32.0 Å². The van der Waals surface area contributed by atoms with Crippen LogP contribution in [0.25, 0.3) is 5.65 Å². The molecule has 102 valence electrons. The minimum absolute atomic E-state index is 0.666. The number of ether oxygens (including phenoxy) is 1. The van der Waals surface area contributed by atoms with E-state index in [9.17, 15) is 0 Å². The van der Waals surface area contributed by atoms with Gasteiger partial charge in [0.25, 0.3) is 0 Å². The van der Waals surface area contributed by atoms with E-state index in [1.165, 1.54) is 18.5 Å². The molecule has 0 amide bonds. The molecule has 0 radical (unpaired) electrons. The Balaban J connectivity index is 1.63. The van der Waals surface area contributed by atoms with Gasteiger partial charge in [-0.25, -0.2) is 4.98 Å². The lowest BCUT2D eigenvalue weighted by Crippen LogP contribution is -2.30. The Morgan fingerprint density at radius 1 is 1.47 bits per heavy atom. The van der Waals surface area contributed by atoms with Crippen molar-refractivity contribution >= 4 is 5.65 Å². The second-order valence-electron chi connectivity index (χ2n) is 5.33. The average molecular weight is 260 g/mol. The van der Waals surface area contributed by atoms with Crippen LogP contribution in [0, 0.1) is 5.92 Å². The smallest absolute Gasteiger partial charge is 0.155 e. The van der Waals surface area contributed by atoms with E-state index in [0.29, 0.717) is 5.92 Å². The second-order valence-corrected chi connectivity index (χ2v) is 5.33. The molecule has 2 aromatic heterocycles. The van der Waals surface area contributed by atoms with Gasteiger partial charge in [-0.1, -0.05) is 0 Å². The third-order valence-corrected chi connectivity index (χ3v) is 3.65. The Morgan fingerprint density at radius 3 is 3.26 bits per heavy atom. The van der Waals surface area contributed by atoms with Crippen LogP contribution < -0.4 is 0 Å². The summed E-state index contributed by atoms with van der Waals surface area (Å²) in [5.74, 6) is 0.666. The molecule has 1 aliphatic rings. The zero-order valence-corrected chi connectivity index (χ0v) is 11.3. The molecule has 5 nitrogen and oxygen atoms in total. The predicted octanol–water partition coefficient (Wildman–Crippen LogP) is 1.59. The maximum absolute atomic E-state index is 5.54. The zero-order chi connectivity index (χ0) is 13.1. The number of fused-ring (bicyclic) bond motifs is 1. The summed E-state index contributed by atoms with van der Waals surface area (Å²) in [6.07, 6.45) is 9.97. The summed E-state index contributed by atoms with van der Waals surface area (Å²) in [6.45, 7) is 3.82. The topological polar surface area (TPSA) is 42.7 Å². The van der Waals surface area contributed by atoms with E-state index < -0.39 is 0 Å². The van der Waals surface area contributed by atoms with Crippen molar-refractivity contribution in [1.29, 1.82) is 0 Å². The van der Waals surface area contributed by atoms with Crippen molar-refractivity contribution in [3.63, 3.8) is 0 Å². The molecule has 2 aromatic rings. The quantitative estimate of drug-likeness (QED) is 0.837. The Kier molecular flexibility index (Phi) is 3.75. The molecular weight excluding hydrogens is 240 g/mol. The number of hydrogen-bond donors (Lipinski definition) is 0. The van der Waals surface area contributed by atoms with Crippen molar-refractivity contribution in [2.45, 2.75) is 19.4 Å². The first-order valence-electron chi connectivity index (χ1n) is 6.85. The number of hydrogen-bond acceptors (Lipinski definition) is 4. The molecule has 1 fully saturated rings. The molecule has 1 aliphatic heterocycles. The zero-order valence-electron chi connectivity index (χ0n) is 11.3. The molecule has 1 unspecified atom stereocenters. The van der Waals surface area contributed by atoms with Crippen molar-refractivity contribution in [1.82, 2.24) is 19.3 Å². The second kappa shape index (κ2) is 5.67. The van der Waals surface area contributed by atoms with Gasteiger partial charge in [-0.3, -0.25) is 9.38 Å². The minimum Gasteiger partial charge on any atom is -0.381 e. The molecule has 3 heterocycles. The third-order valence-electron chi connectivity index (χ3n) is 3.65. The molecule has 1 saturated heterocycles. The van der Waals surface area contributed by atoms with Crippen LogP contribution in [0.4, 0.5) is 0 Å². The largest absolute Gasteiger partial charge is 0.381 e.